The minimum Gasteiger partial charge on any atom is -0.491 e. The Morgan fingerprint density at radius 3 is 2.90 bits per heavy atom. The number of hydrogen-bond acceptors (Lipinski definition) is 4. The van der Waals surface area contributed by atoms with Crippen LogP contribution >= 0.6 is 15.9 Å². The molecule has 0 aliphatic carbocycles. The van der Waals surface area contributed by atoms with Gasteiger partial charge < -0.3 is 10.1 Å². The first-order valence-electron chi connectivity index (χ1n) is 7.06. The Bertz CT molecular complexity index is 583. The largest absolute Gasteiger partial charge is 0.491 e. The predicted octanol–water partition coefficient (Wildman–Crippen LogP) is 2.93. The van der Waals surface area contributed by atoms with Crippen molar-refractivity contribution in [3.63, 3.8) is 0 Å². The fourth-order valence-electron chi connectivity index (χ4n) is 1.86. The maximum Gasteiger partial charge on any atom is 0.122 e. The topological polar surface area (TPSA) is 52.0 Å². The molecule has 0 spiro atoms. The Morgan fingerprint density at radius 1 is 1.38 bits per heavy atom. The number of ether oxygens (including phenoxy) is 1. The SMILES string of the molecule is Cc1cc(Br)ccc1OCCn1cc(CNC(C)C)nn1. The summed E-state index contributed by atoms with van der Waals surface area (Å²) in [5.74, 6) is 0.903. The molecule has 0 saturated heterocycles. The Balaban J connectivity index is 1.80. The van der Waals surface area contributed by atoms with Crippen LogP contribution in [0.1, 0.15) is 25.1 Å². The van der Waals surface area contributed by atoms with Crippen LogP contribution in [0.15, 0.2) is 28.9 Å². The van der Waals surface area contributed by atoms with Crippen LogP contribution in [0, 0.1) is 6.92 Å². The van der Waals surface area contributed by atoms with Crippen LogP contribution in [0.3, 0.4) is 0 Å². The molecule has 0 aliphatic heterocycles. The molecular formula is C15H21BrN4O. The minimum atomic E-state index is 0.443. The zero-order valence-electron chi connectivity index (χ0n) is 12.6. The van der Waals surface area contributed by atoms with Crippen LogP contribution in [0.25, 0.3) is 0 Å². The molecule has 0 saturated carbocycles. The third-order valence-corrected chi connectivity index (χ3v) is 3.49. The highest BCUT2D eigenvalue weighted by atomic mass is 79.9. The molecule has 21 heavy (non-hydrogen) atoms. The van der Waals surface area contributed by atoms with E-state index >= 15 is 0 Å². The molecular weight excluding hydrogens is 332 g/mol. The van der Waals surface area contributed by atoms with Crippen molar-refractivity contribution in [2.75, 3.05) is 6.61 Å². The number of aromatic nitrogens is 3. The fraction of sp³-hybridized carbons (Fsp3) is 0.467. The Hall–Kier alpha value is -1.40. The lowest BCUT2D eigenvalue weighted by Gasteiger charge is -2.09. The van der Waals surface area contributed by atoms with E-state index in [4.69, 9.17) is 4.74 Å². The van der Waals surface area contributed by atoms with E-state index in [2.05, 4.69) is 45.4 Å². The van der Waals surface area contributed by atoms with Crippen LogP contribution in [-0.4, -0.2) is 27.6 Å². The van der Waals surface area contributed by atoms with Gasteiger partial charge in [0.1, 0.15) is 12.4 Å². The third kappa shape index (κ3) is 5.13. The second-order valence-corrected chi connectivity index (χ2v) is 6.18. The van der Waals surface area contributed by atoms with Crippen molar-refractivity contribution < 1.29 is 4.74 Å². The van der Waals surface area contributed by atoms with E-state index in [1.807, 2.05) is 36.0 Å². The van der Waals surface area contributed by atoms with Crippen molar-refractivity contribution in [2.45, 2.75) is 39.9 Å². The highest BCUT2D eigenvalue weighted by Gasteiger charge is 2.03. The number of nitrogens with one attached hydrogen (secondary N) is 1. The van der Waals surface area contributed by atoms with Crippen LogP contribution in [-0.2, 0) is 13.1 Å². The van der Waals surface area contributed by atoms with Gasteiger partial charge in [0.25, 0.3) is 0 Å². The number of nitrogens with zero attached hydrogens (tertiary/aromatic N) is 3. The van der Waals surface area contributed by atoms with Gasteiger partial charge in [-0.25, -0.2) is 4.68 Å². The van der Waals surface area contributed by atoms with E-state index < -0.39 is 0 Å². The van der Waals surface area contributed by atoms with E-state index in [9.17, 15) is 0 Å². The smallest absolute Gasteiger partial charge is 0.122 e. The predicted molar refractivity (Wildman–Crippen MR) is 86.4 cm³/mol. The van der Waals surface area contributed by atoms with Crippen molar-refractivity contribution in [2.24, 2.45) is 0 Å². The van der Waals surface area contributed by atoms with Gasteiger partial charge in [0.2, 0.25) is 0 Å². The average Bonchev–Trinajstić information content (AvgIpc) is 2.87. The van der Waals surface area contributed by atoms with E-state index in [0.717, 1.165) is 28.0 Å². The number of halogens is 1. The average molecular weight is 353 g/mol. The van der Waals surface area contributed by atoms with Gasteiger partial charge in [-0.15, -0.1) is 5.10 Å². The molecule has 2 rings (SSSR count). The molecule has 2 aromatic rings. The van der Waals surface area contributed by atoms with Crippen molar-refractivity contribution in [1.82, 2.24) is 20.3 Å². The van der Waals surface area contributed by atoms with Crippen LogP contribution in [0.5, 0.6) is 5.75 Å². The summed E-state index contributed by atoms with van der Waals surface area (Å²) < 4.78 is 8.65. The summed E-state index contributed by atoms with van der Waals surface area (Å²) in [6.07, 6.45) is 1.95. The zero-order chi connectivity index (χ0) is 15.2. The summed E-state index contributed by atoms with van der Waals surface area (Å²) in [6.45, 7) is 8.25. The highest BCUT2D eigenvalue weighted by Crippen LogP contribution is 2.22. The van der Waals surface area contributed by atoms with Gasteiger partial charge in [-0.3, -0.25) is 0 Å². The van der Waals surface area contributed by atoms with Gasteiger partial charge in [0.05, 0.1) is 12.2 Å². The summed E-state index contributed by atoms with van der Waals surface area (Å²) in [5.41, 5.74) is 2.06. The normalized spacial score (nSPS) is 11.1. The maximum atomic E-state index is 5.78. The van der Waals surface area contributed by atoms with Crippen molar-refractivity contribution in [3.8, 4) is 5.75 Å². The van der Waals surface area contributed by atoms with Crippen molar-refractivity contribution in [1.29, 1.82) is 0 Å². The summed E-state index contributed by atoms with van der Waals surface area (Å²) in [4.78, 5) is 0. The molecule has 1 aromatic heterocycles. The molecule has 1 heterocycles. The van der Waals surface area contributed by atoms with Gasteiger partial charge >= 0.3 is 0 Å². The van der Waals surface area contributed by atoms with Crippen molar-refractivity contribution in [3.05, 3.63) is 40.1 Å². The van der Waals surface area contributed by atoms with Gasteiger partial charge in [-0.2, -0.15) is 0 Å². The van der Waals surface area contributed by atoms with Gasteiger partial charge in [-0.1, -0.05) is 35.0 Å². The lowest BCUT2D eigenvalue weighted by molar-refractivity contribution is 0.288. The van der Waals surface area contributed by atoms with Gasteiger partial charge in [0.15, 0.2) is 0 Å². The molecule has 1 N–H and O–H groups in total. The second kappa shape index (κ2) is 7.56. The van der Waals surface area contributed by atoms with Crippen LogP contribution in [0.4, 0.5) is 0 Å². The second-order valence-electron chi connectivity index (χ2n) is 5.27. The Labute approximate surface area is 133 Å². The number of benzene rings is 1. The first kappa shape index (κ1) is 16.0. The Kier molecular flexibility index (Phi) is 5.76. The lowest BCUT2D eigenvalue weighted by atomic mass is 10.2. The van der Waals surface area contributed by atoms with E-state index in [-0.39, 0.29) is 0 Å². The van der Waals surface area contributed by atoms with Crippen LogP contribution in [0.2, 0.25) is 0 Å². The summed E-state index contributed by atoms with van der Waals surface area (Å²) >= 11 is 3.44. The van der Waals surface area contributed by atoms with E-state index in [1.54, 1.807) is 0 Å². The quantitative estimate of drug-likeness (QED) is 0.832. The highest BCUT2D eigenvalue weighted by molar-refractivity contribution is 9.10. The minimum absolute atomic E-state index is 0.443. The molecule has 0 unspecified atom stereocenters. The van der Waals surface area contributed by atoms with Crippen molar-refractivity contribution >= 4 is 15.9 Å². The Morgan fingerprint density at radius 2 is 2.19 bits per heavy atom. The fourth-order valence-corrected chi connectivity index (χ4v) is 2.34. The number of rotatable bonds is 7. The lowest BCUT2D eigenvalue weighted by Crippen LogP contribution is -2.21. The molecule has 0 atom stereocenters. The van der Waals surface area contributed by atoms with Crippen LogP contribution < -0.4 is 10.1 Å². The summed E-state index contributed by atoms with van der Waals surface area (Å²) in [6, 6.07) is 6.44. The number of aryl methyl sites for hydroxylation is 1. The molecule has 0 amide bonds. The monoisotopic (exact) mass is 352 g/mol. The standard InChI is InChI=1S/C15H21BrN4O/c1-11(2)17-9-14-10-20(19-18-14)6-7-21-15-5-4-13(16)8-12(15)3/h4-5,8,10-11,17H,6-7,9H2,1-3H3. The molecule has 0 fully saturated rings. The maximum absolute atomic E-state index is 5.78. The summed E-state index contributed by atoms with van der Waals surface area (Å²) in [5, 5.41) is 11.6. The van der Waals surface area contributed by atoms with Gasteiger partial charge in [0, 0.05) is 23.3 Å². The molecule has 6 heteroatoms. The summed E-state index contributed by atoms with van der Waals surface area (Å²) in [7, 11) is 0. The zero-order valence-corrected chi connectivity index (χ0v) is 14.2. The third-order valence-electron chi connectivity index (χ3n) is 2.99. The number of hydrogen-bond donors (Lipinski definition) is 1. The van der Waals surface area contributed by atoms with Gasteiger partial charge in [-0.05, 0) is 30.7 Å². The molecule has 0 aliphatic rings. The molecule has 1 aromatic carbocycles. The molecule has 0 bridgehead atoms. The van der Waals surface area contributed by atoms with E-state index in [1.165, 1.54) is 0 Å². The first-order valence-corrected chi connectivity index (χ1v) is 7.85. The van der Waals surface area contributed by atoms with E-state index in [0.29, 0.717) is 19.2 Å². The molecule has 5 nitrogen and oxygen atoms in total. The first-order chi connectivity index (χ1) is 10.0. The molecule has 114 valence electrons. The molecule has 0 radical (unpaired) electrons.